The molecule has 2 rings (SSSR count). The predicted octanol–water partition coefficient (Wildman–Crippen LogP) is 4.79. The number of benzene rings is 1. The van der Waals surface area contributed by atoms with E-state index in [2.05, 4.69) is 63.4 Å². The highest BCUT2D eigenvalue weighted by molar-refractivity contribution is 7.38. The van der Waals surface area contributed by atoms with Crippen LogP contribution in [0.4, 0.5) is 0 Å². The minimum Gasteiger partial charge on any atom is -0.415 e. The van der Waals surface area contributed by atoms with Crippen molar-refractivity contribution in [3.63, 3.8) is 0 Å². The van der Waals surface area contributed by atoms with Gasteiger partial charge in [0.1, 0.15) is 0 Å². The van der Waals surface area contributed by atoms with Crippen LogP contribution in [0.3, 0.4) is 0 Å². The summed E-state index contributed by atoms with van der Waals surface area (Å²) < 4.78 is 6.70. The summed E-state index contributed by atoms with van der Waals surface area (Å²) in [5.74, 6) is 0. The summed E-state index contributed by atoms with van der Waals surface area (Å²) in [6.45, 7) is 12.3. The molecule has 1 heterocycles. The Morgan fingerprint density at radius 1 is 1.11 bits per heavy atom. The summed E-state index contributed by atoms with van der Waals surface area (Å²) >= 11 is 0. The molecule has 0 radical (unpaired) electrons. The van der Waals surface area contributed by atoms with Gasteiger partial charge in [-0.05, 0) is 44.8 Å². The van der Waals surface area contributed by atoms with Gasteiger partial charge in [-0.15, -0.1) is 0 Å². The Balaban J connectivity index is 2.01. The zero-order valence-corrected chi connectivity index (χ0v) is 15.1. The Kier molecular flexibility index (Phi) is 4.10. The van der Waals surface area contributed by atoms with Crippen LogP contribution in [-0.2, 0) is 10.8 Å². The molecule has 1 saturated heterocycles. The molecule has 3 heteroatoms. The zero-order chi connectivity index (χ0) is 14.1. The van der Waals surface area contributed by atoms with Gasteiger partial charge in [0.2, 0.25) is 0 Å². The van der Waals surface area contributed by atoms with Crippen molar-refractivity contribution >= 4 is 15.4 Å². The summed E-state index contributed by atoms with van der Waals surface area (Å²) in [6.07, 6.45) is 3.57. The van der Waals surface area contributed by atoms with Gasteiger partial charge in [-0.3, -0.25) is 0 Å². The maximum Gasteiger partial charge on any atom is 0.174 e. The number of hydrogen-bond acceptors (Lipinski definition) is 1. The van der Waals surface area contributed by atoms with Crippen LogP contribution >= 0.6 is 0 Å². The number of aryl methyl sites for hydroxylation is 1. The molecule has 0 bridgehead atoms. The van der Waals surface area contributed by atoms with Gasteiger partial charge in [0.25, 0.3) is 0 Å². The molecular formula is C16H28OSi2. The molecule has 0 amide bonds. The molecule has 1 aliphatic heterocycles. The molecule has 1 aromatic rings. The standard InChI is InChI=1S/C16H28OSi2/c1-16(12-11-15-9-7-6-8-10-15)13-14-18(2,3)19(4,5)17-16/h6-10H,11-14H2,1-5H3. The minimum atomic E-state index is -1.45. The van der Waals surface area contributed by atoms with Crippen LogP contribution in [0.25, 0.3) is 0 Å². The smallest absolute Gasteiger partial charge is 0.174 e. The highest BCUT2D eigenvalue weighted by atomic mass is 29.3. The van der Waals surface area contributed by atoms with Gasteiger partial charge < -0.3 is 4.43 Å². The molecule has 0 N–H and O–H groups in total. The first-order valence-electron chi connectivity index (χ1n) is 7.48. The third-order valence-corrected chi connectivity index (χ3v) is 21.8. The fourth-order valence-corrected chi connectivity index (χ4v) is 10.1. The van der Waals surface area contributed by atoms with E-state index < -0.39 is 15.4 Å². The van der Waals surface area contributed by atoms with E-state index in [1.54, 1.807) is 0 Å². The lowest BCUT2D eigenvalue weighted by molar-refractivity contribution is 0.0638. The van der Waals surface area contributed by atoms with Gasteiger partial charge >= 0.3 is 0 Å². The fourth-order valence-electron chi connectivity index (χ4n) is 2.91. The quantitative estimate of drug-likeness (QED) is 0.728. The molecule has 19 heavy (non-hydrogen) atoms. The highest BCUT2D eigenvalue weighted by Gasteiger charge is 2.51. The molecule has 0 saturated carbocycles. The molecule has 0 aromatic heterocycles. The first-order valence-corrected chi connectivity index (χ1v) is 14.6. The van der Waals surface area contributed by atoms with Crippen LogP contribution in [0.5, 0.6) is 0 Å². The Bertz CT molecular complexity index is 428. The summed E-state index contributed by atoms with van der Waals surface area (Å²) in [5.41, 5.74) is 1.56. The summed E-state index contributed by atoms with van der Waals surface area (Å²) in [6, 6.07) is 12.3. The third-order valence-electron chi connectivity index (χ3n) is 5.20. The van der Waals surface area contributed by atoms with Gasteiger partial charge in [-0.1, -0.05) is 49.5 Å². The average molecular weight is 293 g/mol. The second kappa shape index (κ2) is 5.19. The maximum absolute atomic E-state index is 6.70. The van der Waals surface area contributed by atoms with E-state index in [4.69, 9.17) is 4.43 Å². The molecule has 1 fully saturated rings. The predicted molar refractivity (Wildman–Crippen MR) is 88.6 cm³/mol. The van der Waals surface area contributed by atoms with Crippen LogP contribution < -0.4 is 0 Å². The van der Waals surface area contributed by atoms with Gasteiger partial charge in [-0.2, -0.15) is 0 Å². The van der Waals surface area contributed by atoms with Gasteiger partial charge in [-0.25, -0.2) is 0 Å². The van der Waals surface area contributed by atoms with Gasteiger partial charge in [0, 0.05) is 0 Å². The Hall–Kier alpha value is -0.386. The SMILES string of the molecule is CC1(CCc2ccccc2)CC[Si](C)(C)[Si](C)(C)O1. The van der Waals surface area contributed by atoms with Crippen molar-refractivity contribution in [2.24, 2.45) is 0 Å². The van der Waals surface area contributed by atoms with E-state index in [0.29, 0.717) is 0 Å². The van der Waals surface area contributed by atoms with Crippen LogP contribution in [0.15, 0.2) is 30.3 Å². The monoisotopic (exact) mass is 292 g/mol. The highest BCUT2D eigenvalue weighted by Crippen LogP contribution is 2.40. The van der Waals surface area contributed by atoms with Crippen molar-refractivity contribution in [1.82, 2.24) is 0 Å². The van der Waals surface area contributed by atoms with Gasteiger partial charge in [0.15, 0.2) is 7.83 Å². The summed E-state index contributed by atoms with van der Waals surface area (Å²) in [7, 11) is -2.55. The molecule has 106 valence electrons. The second-order valence-electron chi connectivity index (χ2n) is 7.43. The molecule has 1 aromatic carbocycles. The Morgan fingerprint density at radius 3 is 2.32 bits per heavy atom. The van der Waals surface area contributed by atoms with E-state index in [1.165, 1.54) is 18.0 Å². The van der Waals surface area contributed by atoms with E-state index in [0.717, 1.165) is 12.8 Å². The molecule has 1 atom stereocenters. The summed E-state index contributed by atoms with van der Waals surface area (Å²) in [4.78, 5) is 0. The van der Waals surface area contributed by atoms with Crippen LogP contribution in [0, 0.1) is 0 Å². The lowest BCUT2D eigenvalue weighted by atomic mass is 9.94. The van der Waals surface area contributed by atoms with E-state index >= 15 is 0 Å². The minimum absolute atomic E-state index is 0.119. The van der Waals surface area contributed by atoms with Crippen LogP contribution in [0.1, 0.15) is 25.3 Å². The van der Waals surface area contributed by atoms with Crippen LogP contribution in [0.2, 0.25) is 32.2 Å². The first kappa shape index (κ1) is 15.0. The molecule has 1 aliphatic rings. The van der Waals surface area contributed by atoms with Crippen molar-refractivity contribution < 1.29 is 4.43 Å². The fraction of sp³-hybridized carbons (Fsp3) is 0.625. The number of rotatable bonds is 3. The average Bonchev–Trinajstić information content (AvgIpc) is 2.34. The second-order valence-corrected chi connectivity index (χ2v) is 22.6. The van der Waals surface area contributed by atoms with Crippen molar-refractivity contribution in [1.29, 1.82) is 0 Å². The number of hydrogen-bond donors (Lipinski definition) is 0. The first-order chi connectivity index (χ1) is 8.74. The molecule has 1 nitrogen and oxygen atoms in total. The lowest BCUT2D eigenvalue weighted by Crippen LogP contribution is -2.64. The van der Waals surface area contributed by atoms with E-state index in [9.17, 15) is 0 Å². The van der Waals surface area contributed by atoms with Crippen molar-refractivity contribution in [2.45, 2.75) is 64.0 Å². The van der Waals surface area contributed by atoms with Crippen LogP contribution in [-0.4, -0.2) is 21.0 Å². The lowest BCUT2D eigenvalue weighted by Gasteiger charge is -2.51. The Morgan fingerprint density at radius 2 is 1.74 bits per heavy atom. The third kappa shape index (κ3) is 3.39. The largest absolute Gasteiger partial charge is 0.415 e. The topological polar surface area (TPSA) is 9.23 Å². The van der Waals surface area contributed by atoms with E-state index in [1.807, 2.05) is 0 Å². The van der Waals surface area contributed by atoms with Gasteiger partial charge in [0.05, 0.1) is 13.2 Å². The maximum atomic E-state index is 6.70. The normalized spacial score (nSPS) is 29.1. The van der Waals surface area contributed by atoms with Crippen molar-refractivity contribution in [2.75, 3.05) is 0 Å². The molecular weight excluding hydrogens is 264 g/mol. The van der Waals surface area contributed by atoms with Crippen molar-refractivity contribution in [3.05, 3.63) is 35.9 Å². The van der Waals surface area contributed by atoms with Crippen molar-refractivity contribution in [3.8, 4) is 0 Å². The molecule has 0 spiro atoms. The Labute approximate surface area is 120 Å². The molecule has 1 unspecified atom stereocenters. The molecule has 0 aliphatic carbocycles. The summed E-state index contributed by atoms with van der Waals surface area (Å²) in [5, 5.41) is 0. The van der Waals surface area contributed by atoms with E-state index in [-0.39, 0.29) is 5.60 Å². The zero-order valence-electron chi connectivity index (χ0n) is 13.1.